The minimum Gasteiger partial charge on any atom is -0.444 e. The number of guanidine groups is 1. The molecule has 2 rings (SSSR count). The molecule has 0 aliphatic carbocycles. The Labute approximate surface area is 240 Å². The number of benzene rings is 1. The molecule has 2 atom stereocenters. The molecule has 0 bridgehead atoms. The summed E-state index contributed by atoms with van der Waals surface area (Å²) in [5.74, 6) is 0.476. The lowest BCUT2D eigenvalue weighted by Gasteiger charge is -2.29. The Kier molecular flexibility index (Phi) is 11.3. The highest BCUT2D eigenvalue weighted by molar-refractivity contribution is 6.62. The zero-order valence-electron chi connectivity index (χ0n) is 25.4. The van der Waals surface area contributed by atoms with E-state index in [2.05, 4.69) is 41.3 Å². The number of hydrogen-bond acceptors (Lipinski definition) is 5. The van der Waals surface area contributed by atoms with Crippen LogP contribution in [0.2, 0.25) is 0 Å². The average molecular weight is 550 g/mol. The maximum Gasteiger partial charge on any atom is 0.437 e. The summed E-state index contributed by atoms with van der Waals surface area (Å²) in [6, 6.07) is 5.26. The molecule has 1 saturated heterocycles. The standard InChI is InChI=1S/C30H44BN5O4/c1-10-19(2)13-14-21-15-16-22(18-20(21)3)25(32)33-24(31)23-12-11-17-36(23)26(34-27(37)39-29(4,5)6)35-28(38)40-30(7,8)9/h13-16,18-19,23,32H,10-12,17H2,1-9H3,(H,34,35,37,38)/b14-13-,32-25?,33-24?. The van der Waals surface area contributed by atoms with Gasteiger partial charge in [0.1, 0.15) is 19.0 Å². The van der Waals surface area contributed by atoms with Crippen LogP contribution in [-0.2, 0) is 9.47 Å². The third-order valence-electron chi connectivity index (χ3n) is 6.10. The van der Waals surface area contributed by atoms with Gasteiger partial charge >= 0.3 is 12.2 Å². The van der Waals surface area contributed by atoms with Crippen LogP contribution >= 0.6 is 0 Å². The molecular weight excluding hydrogens is 505 g/mol. The van der Waals surface area contributed by atoms with Crippen molar-refractivity contribution in [3.05, 3.63) is 41.0 Å². The average Bonchev–Trinajstić information content (AvgIpc) is 3.30. The van der Waals surface area contributed by atoms with Gasteiger partial charge in [0, 0.05) is 12.1 Å². The molecule has 2 unspecified atom stereocenters. The van der Waals surface area contributed by atoms with Crippen LogP contribution in [0.1, 0.15) is 91.3 Å². The molecule has 1 aliphatic rings. The van der Waals surface area contributed by atoms with Crippen LogP contribution in [0.15, 0.2) is 34.3 Å². The zero-order chi connectivity index (χ0) is 30.3. The lowest BCUT2D eigenvalue weighted by Crippen LogP contribution is -2.50. The Morgan fingerprint density at radius 1 is 1.18 bits per heavy atom. The van der Waals surface area contributed by atoms with Crippen molar-refractivity contribution in [2.75, 3.05) is 6.54 Å². The van der Waals surface area contributed by atoms with Gasteiger partial charge in [-0.1, -0.05) is 44.6 Å². The lowest BCUT2D eigenvalue weighted by atomic mass is 9.91. The van der Waals surface area contributed by atoms with E-state index < -0.39 is 29.4 Å². The summed E-state index contributed by atoms with van der Waals surface area (Å²) in [6.07, 6.45) is 5.06. The van der Waals surface area contributed by atoms with Gasteiger partial charge in [-0.25, -0.2) is 14.6 Å². The first-order chi connectivity index (χ1) is 18.5. The molecule has 9 nitrogen and oxygen atoms in total. The maximum atomic E-state index is 12.6. The van der Waals surface area contributed by atoms with Gasteiger partial charge in [-0.05, 0) is 90.0 Å². The summed E-state index contributed by atoms with van der Waals surface area (Å²) in [6.45, 7) is 17.2. The lowest BCUT2D eigenvalue weighted by molar-refractivity contribution is 0.0555. The van der Waals surface area contributed by atoms with Crippen molar-refractivity contribution in [2.24, 2.45) is 15.9 Å². The number of amides is 2. The molecule has 2 amide bonds. The third-order valence-corrected chi connectivity index (χ3v) is 6.10. The first-order valence-electron chi connectivity index (χ1n) is 13.8. The van der Waals surface area contributed by atoms with Gasteiger partial charge in [0.2, 0.25) is 5.96 Å². The quantitative estimate of drug-likeness (QED) is 0.257. The van der Waals surface area contributed by atoms with Crippen LogP contribution in [-0.4, -0.2) is 66.1 Å². The summed E-state index contributed by atoms with van der Waals surface area (Å²) in [5.41, 5.74) is 1.43. The van der Waals surface area contributed by atoms with Crippen molar-refractivity contribution < 1.29 is 19.1 Å². The molecular formula is C30H44BN5O4. The highest BCUT2D eigenvalue weighted by Crippen LogP contribution is 2.21. The van der Waals surface area contributed by atoms with Crippen molar-refractivity contribution in [3.63, 3.8) is 0 Å². The molecule has 2 N–H and O–H groups in total. The predicted octanol–water partition coefficient (Wildman–Crippen LogP) is 6.23. The molecule has 10 heteroatoms. The monoisotopic (exact) mass is 549 g/mol. The van der Waals surface area contributed by atoms with Gasteiger partial charge in [0.05, 0.1) is 6.04 Å². The summed E-state index contributed by atoms with van der Waals surface area (Å²) in [4.78, 5) is 35.3. The fraction of sp³-hybridized carbons (Fsp3) is 0.567. The van der Waals surface area contributed by atoms with Crippen LogP contribution in [0, 0.1) is 18.3 Å². The predicted molar refractivity (Wildman–Crippen MR) is 162 cm³/mol. The highest BCUT2D eigenvalue weighted by atomic mass is 16.6. The molecule has 2 radical (unpaired) electrons. The van der Waals surface area contributed by atoms with Crippen LogP contribution in [0.3, 0.4) is 0 Å². The van der Waals surface area contributed by atoms with E-state index in [0.29, 0.717) is 30.9 Å². The van der Waals surface area contributed by atoms with Crippen molar-refractivity contribution in [2.45, 2.75) is 98.8 Å². The number of nitrogens with zero attached hydrogens (tertiary/aromatic N) is 3. The van der Waals surface area contributed by atoms with Gasteiger partial charge in [-0.3, -0.25) is 10.7 Å². The number of allylic oxidation sites excluding steroid dienone is 1. The minimum atomic E-state index is -0.856. The number of aryl methyl sites for hydroxylation is 1. The van der Waals surface area contributed by atoms with Gasteiger partial charge in [0.25, 0.3) is 0 Å². The molecule has 1 aromatic carbocycles. The number of hydrogen-bond donors (Lipinski definition) is 2. The molecule has 0 aromatic heterocycles. The Balaban J connectivity index is 2.31. The minimum absolute atomic E-state index is 0.0237. The van der Waals surface area contributed by atoms with Crippen LogP contribution in [0.5, 0.6) is 0 Å². The fourth-order valence-corrected chi connectivity index (χ4v) is 3.94. The van der Waals surface area contributed by atoms with Gasteiger partial charge in [-0.15, -0.1) is 4.99 Å². The molecule has 40 heavy (non-hydrogen) atoms. The highest BCUT2D eigenvalue weighted by Gasteiger charge is 2.32. The number of carbonyl (C=O) groups excluding carboxylic acids is 2. The molecule has 0 saturated carbocycles. The molecule has 0 spiro atoms. The Morgan fingerprint density at radius 2 is 1.82 bits per heavy atom. The summed E-state index contributed by atoms with van der Waals surface area (Å²) < 4.78 is 10.7. The van der Waals surface area contributed by atoms with E-state index in [1.807, 2.05) is 25.1 Å². The van der Waals surface area contributed by atoms with E-state index in [-0.39, 0.29) is 17.4 Å². The SMILES string of the molecule is [B]C(=NC(=N)c1ccc(/C=C\C(C)CC)c(C)c1)C1CCCN1C(=NC(=O)OC(C)(C)C)NC(=O)OC(C)(C)C. The van der Waals surface area contributed by atoms with E-state index in [4.69, 9.17) is 22.7 Å². The Bertz CT molecular complexity index is 1180. The smallest absolute Gasteiger partial charge is 0.437 e. The molecule has 1 aliphatic heterocycles. The van der Waals surface area contributed by atoms with Crippen molar-refractivity contribution in [1.29, 1.82) is 5.41 Å². The number of nitrogens with one attached hydrogen (secondary N) is 2. The number of carbonyl (C=O) groups is 2. The molecule has 1 fully saturated rings. The fourth-order valence-electron chi connectivity index (χ4n) is 3.94. The van der Waals surface area contributed by atoms with E-state index in [1.54, 1.807) is 46.4 Å². The number of alkyl carbamates (subject to hydrolysis) is 1. The third kappa shape index (κ3) is 10.6. The number of likely N-dealkylation sites (tertiary alicyclic amines) is 1. The second kappa shape index (κ2) is 13.8. The van der Waals surface area contributed by atoms with E-state index >= 15 is 0 Å². The van der Waals surface area contributed by atoms with E-state index in [9.17, 15) is 9.59 Å². The molecule has 1 heterocycles. The number of rotatable bonds is 5. The number of aliphatic imine (C=N–C) groups is 2. The largest absolute Gasteiger partial charge is 0.444 e. The van der Waals surface area contributed by atoms with Gasteiger partial charge < -0.3 is 14.4 Å². The first-order valence-corrected chi connectivity index (χ1v) is 13.8. The van der Waals surface area contributed by atoms with Crippen molar-refractivity contribution in [1.82, 2.24) is 10.2 Å². The molecule has 1 aromatic rings. The van der Waals surface area contributed by atoms with Crippen LogP contribution < -0.4 is 5.32 Å². The summed E-state index contributed by atoms with van der Waals surface area (Å²) in [5, 5.41) is 11.2. The van der Waals surface area contributed by atoms with Crippen LogP contribution in [0.25, 0.3) is 6.08 Å². The second-order valence-electron chi connectivity index (χ2n) is 12.1. The first kappa shape index (κ1) is 32.8. The Hall–Kier alpha value is -3.43. The van der Waals surface area contributed by atoms with Crippen molar-refractivity contribution in [3.8, 4) is 0 Å². The number of ether oxygens (including phenoxy) is 2. The Morgan fingerprint density at radius 3 is 2.40 bits per heavy atom. The van der Waals surface area contributed by atoms with Gasteiger partial charge in [0.15, 0.2) is 5.84 Å². The zero-order valence-corrected chi connectivity index (χ0v) is 25.4. The topological polar surface area (TPSA) is 116 Å². The second-order valence-corrected chi connectivity index (χ2v) is 12.1. The van der Waals surface area contributed by atoms with E-state index in [1.165, 1.54) is 0 Å². The van der Waals surface area contributed by atoms with Gasteiger partial charge in [-0.2, -0.15) is 0 Å². The number of amidine groups is 1. The normalized spacial score (nSPS) is 17.6. The summed E-state index contributed by atoms with van der Waals surface area (Å²) >= 11 is 0. The van der Waals surface area contributed by atoms with Crippen LogP contribution in [0.4, 0.5) is 9.59 Å². The summed E-state index contributed by atoms with van der Waals surface area (Å²) in [7, 11) is 6.42. The molecule has 216 valence electrons. The van der Waals surface area contributed by atoms with E-state index in [0.717, 1.165) is 17.5 Å². The maximum absolute atomic E-state index is 12.6. The van der Waals surface area contributed by atoms with Crippen molar-refractivity contribution >= 4 is 43.5 Å².